The van der Waals surface area contributed by atoms with Gasteiger partial charge in [-0.1, -0.05) is 17.3 Å². The highest BCUT2D eigenvalue weighted by atomic mass is 19.3. The van der Waals surface area contributed by atoms with E-state index in [1.165, 1.54) is 4.68 Å². The summed E-state index contributed by atoms with van der Waals surface area (Å²) >= 11 is 0. The number of carbonyl (C=O) groups is 1. The minimum Gasteiger partial charge on any atom is -0.497 e. The Bertz CT molecular complexity index is 1070. The Labute approximate surface area is 183 Å². The number of piperidine rings is 1. The highest BCUT2D eigenvalue weighted by molar-refractivity contribution is 5.87. The Balaban J connectivity index is 1.51. The lowest BCUT2D eigenvalue weighted by Gasteiger charge is -2.33. The van der Waals surface area contributed by atoms with Gasteiger partial charge in [0, 0.05) is 31.6 Å². The lowest BCUT2D eigenvalue weighted by molar-refractivity contribution is -0.0220. The predicted molar refractivity (Wildman–Crippen MR) is 112 cm³/mol. The van der Waals surface area contributed by atoms with Crippen LogP contribution in [0.1, 0.15) is 28.9 Å². The normalized spacial score (nSPS) is 15.4. The first-order chi connectivity index (χ1) is 15.3. The predicted octanol–water partition coefficient (Wildman–Crippen LogP) is 4.06. The molecule has 1 fully saturated rings. The molecule has 2 heterocycles. The molecule has 0 atom stereocenters. The van der Waals surface area contributed by atoms with Crippen molar-refractivity contribution in [2.45, 2.75) is 25.3 Å². The van der Waals surface area contributed by atoms with Crippen LogP contribution >= 0.6 is 0 Å². The molecule has 32 heavy (non-hydrogen) atoms. The molecule has 0 aliphatic carbocycles. The molecule has 0 spiro atoms. The van der Waals surface area contributed by atoms with E-state index in [1.54, 1.807) is 43.5 Å². The van der Waals surface area contributed by atoms with Gasteiger partial charge in [0.05, 0.1) is 13.7 Å². The molecule has 8 nitrogen and oxygen atoms in total. The molecule has 168 valence electrons. The van der Waals surface area contributed by atoms with E-state index < -0.39 is 11.9 Å². The van der Waals surface area contributed by atoms with Crippen molar-refractivity contribution in [3.05, 3.63) is 59.8 Å². The molecule has 3 aromatic rings. The van der Waals surface area contributed by atoms with Crippen molar-refractivity contribution in [3.8, 4) is 17.4 Å². The second kappa shape index (κ2) is 8.81. The summed E-state index contributed by atoms with van der Waals surface area (Å²) in [7, 11) is 1.57. The Kier molecular flexibility index (Phi) is 5.93. The molecule has 2 aromatic carbocycles. The molecular weight excluding hydrogens is 422 g/mol. The quantitative estimate of drug-likeness (QED) is 0.588. The summed E-state index contributed by atoms with van der Waals surface area (Å²) < 4.78 is 39.1. The van der Waals surface area contributed by atoms with Crippen LogP contribution in [0.2, 0.25) is 0 Å². The zero-order valence-electron chi connectivity index (χ0n) is 17.4. The SMILES string of the molecule is COc1ccc(Cn2nnc(C(=O)O)c2Oc2ccc(N3CCC(F)(F)CC3)cc2)cc1. The summed E-state index contributed by atoms with van der Waals surface area (Å²) in [6, 6.07) is 14.1. The van der Waals surface area contributed by atoms with Crippen LogP contribution in [0.25, 0.3) is 0 Å². The number of halogens is 2. The maximum Gasteiger partial charge on any atom is 0.362 e. The van der Waals surface area contributed by atoms with Gasteiger partial charge < -0.3 is 19.5 Å². The van der Waals surface area contributed by atoms with Crippen LogP contribution in [-0.2, 0) is 6.54 Å². The standard InChI is InChI=1S/C22H22F2N4O4/c1-31-17-6-2-15(3-7-17)14-28-20(19(21(29)30)25-26-28)32-18-8-4-16(5-9-18)27-12-10-22(23,24)11-13-27/h2-9H,10-14H2,1H3,(H,29,30). The van der Waals surface area contributed by atoms with Crippen LogP contribution < -0.4 is 14.4 Å². The van der Waals surface area contributed by atoms with Crippen LogP contribution in [0.4, 0.5) is 14.5 Å². The van der Waals surface area contributed by atoms with Gasteiger partial charge in [0.2, 0.25) is 5.69 Å². The van der Waals surface area contributed by atoms with Gasteiger partial charge in [-0.3, -0.25) is 0 Å². The fraction of sp³-hybridized carbons (Fsp3) is 0.318. The Morgan fingerprint density at radius 3 is 2.28 bits per heavy atom. The minimum atomic E-state index is -2.61. The number of benzene rings is 2. The van der Waals surface area contributed by atoms with E-state index >= 15 is 0 Å². The van der Waals surface area contributed by atoms with Crippen molar-refractivity contribution in [1.82, 2.24) is 15.0 Å². The van der Waals surface area contributed by atoms with Gasteiger partial charge >= 0.3 is 5.97 Å². The van der Waals surface area contributed by atoms with E-state index in [1.807, 2.05) is 17.0 Å². The number of hydrogen-bond donors (Lipinski definition) is 1. The number of aromatic nitrogens is 3. The summed E-state index contributed by atoms with van der Waals surface area (Å²) in [6.07, 6.45) is -0.354. The molecule has 1 aliphatic rings. The number of hydrogen-bond acceptors (Lipinski definition) is 6. The van der Waals surface area contributed by atoms with E-state index in [9.17, 15) is 18.7 Å². The van der Waals surface area contributed by atoms with E-state index in [4.69, 9.17) is 9.47 Å². The number of aromatic carboxylic acids is 1. The van der Waals surface area contributed by atoms with Crippen molar-refractivity contribution >= 4 is 11.7 Å². The number of anilines is 1. The second-order valence-electron chi connectivity index (χ2n) is 7.49. The van der Waals surface area contributed by atoms with E-state index in [2.05, 4.69) is 10.3 Å². The highest BCUT2D eigenvalue weighted by Gasteiger charge is 2.34. The molecule has 0 radical (unpaired) electrons. The first-order valence-electron chi connectivity index (χ1n) is 10.0. The van der Waals surface area contributed by atoms with Gasteiger partial charge in [-0.15, -0.1) is 5.10 Å². The number of rotatable bonds is 7. The average molecular weight is 444 g/mol. The van der Waals surface area contributed by atoms with Gasteiger partial charge in [0.15, 0.2) is 0 Å². The maximum absolute atomic E-state index is 13.4. The molecule has 4 rings (SSSR count). The summed E-state index contributed by atoms with van der Waals surface area (Å²) in [4.78, 5) is 13.5. The number of carboxylic acid groups (broad SMARTS) is 1. The third kappa shape index (κ3) is 4.79. The molecule has 1 aromatic heterocycles. The summed E-state index contributed by atoms with van der Waals surface area (Å²) in [5.41, 5.74) is 1.35. The van der Waals surface area contributed by atoms with Gasteiger partial charge in [0.1, 0.15) is 11.5 Å². The first-order valence-corrected chi connectivity index (χ1v) is 10.0. The first kappa shape index (κ1) is 21.5. The molecule has 0 amide bonds. The van der Waals surface area contributed by atoms with Crippen molar-refractivity contribution in [2.75, 3.05) is 25.1 Å². The van der Waals surface area contributed by atoms with Gasteiger partial charge in [-0.25, -0.2) is 18.3 Å². The van der Waals surface area contributed by atoms with E-state index in [0.717, 1.165) is 11.3 Å². The monoisotopic (exact) mass is 444 g/mol. The van der Waals surface area contributed by atoms with Crippen molar-refractivity contribution in [1.29, 1.82) is 0 Å². The van der Waals surface area contributed by atoms with Crippen LogP contribution in [0, 0.1) is 0 Å². The topological polar surface area (TPSA) is 89.7 Å². The Morgan fingerprint density at radius 1 is 1.06 bits per heavy atom. The third-order valence-electron chi connectivity index (χ3n) is 5.30. The van der Waals surface area contributed by atoms with Crippen molar-refractivity contribution in [2.24, 2.45) is 0 Å². The zero-order chi connectivity index (χ0) is 22.7. The van der Waals surface area contributed by atoms with E-state index in [-0.39, 0.29) is 44.0 Å². The van der Waals surface area contributed by atoms with Crippen molar-refractivity contribution < 1.29 is 28.2 Å². The summed E-state index contributed by atoms with van der Waals surface area (Å²) in [5, 5.41) is 17.1. The number of methoxy groups -OCH3 is 1. The Hall–Kier alpha value is -3.69. The zero-order valence-corrected chi connectivity index (χ0v) is 17.4. The van der Waals surface area contributed by atoms with Crippen LogP contribution in [0.5, 0.6) is 17.4 Å². The molecule has 1 aliphatic heterocycles. The fourth-order valence-electron chi connectivity index (χ4n) is 3.48. The lowest BCUT2D eigenvalue weighted by atomic mass is 10.1. The van der Waals surface area contributed by atoms with Crippen LogP contribution in [-0.4, -0.2) is 52.2 Å². The third-order valence-corrected chi connectivity index (χ3v) is 5.30. The van der Waals surface area contributed by atoms with Crippen LogP contribution in [0.15, 0.2) is 48.5 Å². The minimum absolute atomic E-state index is 0.00122. The summed E-state index contributed by atoms with van der Waals surface area (Å²) in [6.45, 7) is 0.795. The molecule has 0 unspecified atom stereocenters. The molecule has 10 heteroatoms. The number of ether oxygens (including phenoxy) is 2. The molecule has 1 N–H and O–H groups in total. The number of alkyl halides is 2. The fourth-order valence-corrected chi connectivity index (χ4v) is 3.48. The summed E-state index contributed by atoms with van der Waals surface area (Å²) in [5.74, 6) is -2.78. The molecule has 1 saturated heterocycles. The average Bonchev–Trinajstić information content (AvgIpc) is 3.17. The van der Waals surface area contributed by atoms with Gasteiger partial charge in [0.25, 0.3) is 11.8 Å². The molecule has 0 bridgehead atoms. The highest BCUT2D eigenvalue weighted by Crippen LogP contribution is 2.32. The van der Waals surface area contributed by atoms with Crippen LogP contribution in [0.3, 0.4) is 0 Å². The van der Waals surface area contributed by atoms with E-state index in [0.29, 0.717) is 11.5 Å². The Morgan fingerprint density at radius 2 is 1.69 bits per heavy atom. The largest absolute Gasteiger partial charge is 0.497 e. The van der Waals surface area contributed by atoms with Gasteiger partial charge in [-0.05, 0) is 42.0 Å². The van der Waals surface area contributed by atoms with Crippen molar-refractivity contribution in [3.63, 3.8) is 0 Å². The molecule has 0 saturated carbocycles. The number of carboxylic acids is 1. The van der Waals surface area contributed by atoms with Gasteiger partial charge in [-0.2, -0.15) is 0 Å². The molecular formula is C22H22F2N4O4. The number of nitrogens with zero attached hydrogens (tertiary/aromatic N) is 4. The lowest BCUT2D eigenvalue weighted by Crippen LogP contribution is -2.39. The second-order valence-corrected chi connectivity index (χ2v) is 7.49. The maximum atomic E-state index is 13.4. The smallest absolute Gasteiger partial charge is 0.362 e.